The van der Waals surface area contributed by atoms with Crippen molar-refractivity contribution in [3.8, 4) is 29.0 Å². The molecule has 0 fully saturated rings. The number of hydrogen-bond donors (Lipinski definition) is 0. The highest BCUT2D eigenvalue weighted by molar-refractivity contribution is 6.38. The van der Waals surface area contributed by atoms with Crippen LogP contribution in [0.2, 0.25) is 0 Å². The molecule has 0 aliphatic heterocycles. The summed E-state index contributed by atoms with van der Waals surface area (Å²) in [5.41, 5.74) is 17.9. The summed E-state index contributed by atoms with van der Waals surface area (Å²) in [6.45, 7) is 0. The molecule has 17 aromatic carbocycles. The molecule has 0 spiro atoms. The minimum atomic E-state index is 0.653. The first-order valence-electron chi connectivity index (χ1n) is 36.6. The second kappa shape index (κ2) is 21.1. The molecule has 0 radical (unpaired) electrons. The van der Waals surface area contributed by atoms with Crippen molar-refractivity contribution >= 4 is 207 Å². The van der Waals surface area contributed by atoms with Gasteiger partial charge < -0.3 is 8.80 Å². The molecule has 0 atom stereocenters. The lowest BCUT2D eigenvalue weighted by molar-refractivity contribution is 0.974. The molecule has 0 saturated carbocycles. The van der Waals surface area contributed by atoms with E-state index in [-0.39, 0.29) is 0 Å². The number of aromatic nitrogens is 9. The normalized spacial score (nSPS) is 12.5. The van der Waals surface area contributed by atoms with Gasteiger partial charge in [-0.15, -0.1) is 0 Å². The molecule has 0 bridgehead atoms. The van der Waals surface area contributed by atoms with E-state index >= 15 is 0 Å². The molecule has 26 rings (SSSR count). The summed E-state index contributed by atoms with van der Waals surface area (Å²) in [6, 6.07) is 121. The molecular weight excluding hydrogens is 1300 g/mol. The van der Waals surface area contributed by atoms with Crippen LogP contribution in [0, 0.1) is 0 Å². The molecule has 9 nitrogen and oxygen atoms in total. The first-order valence-corrected chi connectivity index (χ1v) is 36.6. The first-order chi connectivity index (χ1) is 53.1. The lowest BCUT2D eigenvalue weighted by Gasteiger charge is -2.15. The monoisotopic (exact) mass is 1360 g/mol. The van der Waals surface area contributed by atoms with Gasteiger partial charge in [0.15, 0.2) is 5.82 Å². The standard InChI is InChI=1S/C50H28N4.C48H27N5/c1-4-16-32-29(13-1)25-26-36-41-28-40-35-19-8-11-23-43(35)54(49(40)45-38-21-9-12-24-44(38)53(47(32)36)48(41)45)50-51-42-22-10-7-20-37(42)46(52-50)39-27-30-14-2-3-15-31(30)33-17-5-6-18-34(33)39;1-2-14-29-28(13-1)25-26-33-37-27-36-32-17-6-11-23-41(32)53(46(36)43-35-19-7-12-24-42(35)52(44(29)33)45(37)43)48-49-38-20-8-3-18-34(38)47(50-48)51-39-21-9-4-15-30(39)31-16-5-10-22-40(31)51/h1-28H;1-27H. The third-order valence-electron chi connectivity index (χ3n) is 23.3. The third kappa shape index (κ3) is 7.55. The Labute approximate surface area is 607 Å². The molecule has 0 amide bonds. The molecule has 0 saturated heterocycles. The van der Waals surface area contributed by atoms with Gasteiger partial charge in [-0.25, -0.2) is 15.0 Å². The fraction of sp³-hybridized carbons (Fsp3) is 0. The molecule has 0 aliphatic carbocycles. The first kappa shape index (κ1) is 57.0. The van der Waals surface area contributed by atoms with Crippen LogP contribution in [0.25, 0.3) is 235 Å². The van der Waals surface area contributed by atoms with Gasteiger partial charge >= 0.3 is 0 Å². The van der Waals surface area contributed by atoms with Gasteiger partial charge in [-0.2, -0.15) is 4.98 Å². The van der Waals surface area contributed by atoms with Gasteiger partial charge in [0.2, 0.25) is 11.9 Å². The van der Waals surface area contributed by atoms with Gasteiger partial charge in [-0.3, -0.25) is 13.7 Å². The van der Waals surface area contributed by atoms with Crippen molar-refractivity contribution in [1.29, 1.82) is 0 Å². The Morgan fingerprint density at radius 2 is 0.542 bits per heavy atom. The maximum atomic E-state index is 5.63. The summed E-state index contributed by atoms with van der Waals surface area (Å²) in [5, 5.41) is 29.0. The number of nitrogens with zero attached hydrogens (tertiary/aromatic N) is 9. The van der Waals surface area contributed by atoms with Crippen LogP contribution in [0.3, 0.4) is 0 Å². The topological polar surface area (TPSA) is 75.2 Å². The van der Waals surface area contributed by atoms with Gasteiger partial charge in [0.1, 0.15) is 0 Å². The zero-order valence-electron chi connectivity index (χ0n) is 57.3. The van der Waals surface area contributed by atoms with E-state index in [0.29, 0.717) is 11.9 Å². The van der Waals surface area contributed by atoms with E-state index in [2.05, 4.69) is 356 Å². The zero-order valence-corrected chi connectivity index (χ0v) is 57.3. The number of para-hydroxylation sites is 8. The van der Waals surface area contributed by atoms with Crippen molar-refractivity contribution in [2.75, 3.05) is 0 Å². The molecule has 26 aromatic rings. The molecule has 9 heterocycles. The smallest absolute Gasteiger partial charge is 0.237 e. The molecule has 0 N–H and O–H groups in total. The van der Waals surface area contributed by atoms with Gasteiger partial charge in [0, 0.05) is 103 Å². The Morgan fingerprint density at radius 3 is 1.06 bits per heavy atom. The molecule has 0 aliphatic rings. The summed E-state index contributed by atoms with van der Waals surface area (Å²) in [6.07, 6.45) is 0. The Morgan fingerprint density at radius 1 is 0.187 bits per heavy atom. The number of fused-ring (bicyclic) bond motifs is 32. The SMILES string of the molecule is c1ccc2c(c1)cc(-c1nc(-n3c4ccccc4c4cc5c6ccc7ccccc7c6n6c7ccccc7c(c43)c56)nc3ccccc13)c1ccccc12.c1ccc2c(c1)ccc1c3cc4c5ccccc5n(-c5nc(-n6c7ccccc7c7ccccc76)c6ccccc6n5)c4c4c5ccccc5n(c21)c34. The highest BCUT2D eigenvalue weighted by atomic mass is 15.2. The van der Waals surface area contributed by atoms with Crippen molar-refractivity contribution in [2.45, 2.75) is 0 Å². The van der Waals surface area contributed by atoms with Crippen molar-refractivity contribution in [3.63, 3.8) is 0 Å². The Hall–Kier alpha value is -14.5. The summed E-state index contributed by atoms with van der Waals surface area (Å²) in [5.74, 6) is 2.19. The van der Waals surface area contributed by atoms with Crippen LogP contribution < -0.4 is 0 Å². The number of rotatable bonds is 4. The highest BCUT2D eigenvalue weighted by Gasteiger charge is 2.30. The van der Waals surface area contributed by atoms with Crippen molar-refractivity contribution in [3.05, 3.63) is 334 Å². The van der Waals surface area contributed by atoms with Crippen molar-refractivity contribution in [1.82, 2.24) is 42.4 Å². The average molecular weight is 1360 g/mol. The minimum Gasteiger partial charge on any atom is -0.307 e. The lowest BCUT2D eigenvalue weighted by Crippen LogP contribution is -2.07. The lowest BCUT2D eigenvalue weighted by atomic mass is 9.94. The maximum absolute atomic E-state index is 5.63. The maximum Gasteiger partial charge on any atom is 0.237 e. The van der Waals surface area contributed by atoms with Crippen LogP contribution in [0.15, 0.2) is 334 Å². The van der Waals surface area contributed by atoms with E-state index in [1.54, 1.807) is 0 Å². The molecular formula is C98H55N9. The molecule has 9 aromatic heterocycles. The molecule has 9 heteroatoms. The van der Waals surface area contributed by atoms with Gasteiger partial charge in [-0.1, -0.05) is 261 Å². The fourth-order valence-electron chi connectivity index (χ4n) is 19.0. The molecule has 107 heavy (non-hydrogen) atoms. The Bertz CT molecular complexity index is 8360. The summed E-state index contributed by atoms with van der Waals surface area (Å²) < 4.78 is 12.0. The Kier molecular flexibility index (Phi) is 11.2. The second-order valence-electron chi connectivity index (χ2n) is 28.7. The summed E-state index contributed by atoms with van der Waals surface area (Å²) in [7, 11) is 0. The van der Waals surface area contributed by atoms with Crippen LogP contribution in [0.5, 0.6) is 0 Å². The van der Waals surface area contributed by atoms with Gasteiger partial charge in [-0.05, 0) is 105 Å². The summed E-state index contributed by atoms with van der Waals surface area (Å²) >= 11 is 0. The van der Waals surface area contributed by atoms with E-state index < -0.39 is 0 Å². The Balaban J connectivity index is 0.000000123. The molecule has 492 valence electrons. The van der Waals surface area contributed by atoms with E-state index in [1.807, 2.05) is 0 Å². The van der Waals surface area contributed by atoms with E-state index in [0.717, 1.165) is 72.0 Å². The largest absolute Gasteiger partial charge is 0.307 e. The van der Waals surface area contributed by atoms with Crippen LogP contribution in [-0.2, 0) is 0 Å². The molecule has 0 unspecified atom stereocenters. The summed E-state index contributed by atoms with van der Waals surface area (Å²) in [4.78, 5) is 22.0. The van der Waals surface area contributed by atoms with Crippen LogP contribution in [0.4, 0.5) is 0 Å². The van der Waals surface area contributed by atoms with Crippen molar-refractivity contribution in [2.24, 2.45) is 0 Å². The van der Waals surface area contributed by atoms with E-state index in [4.69, 9.17) is 19.9 Å². The van der Waals surface area contributed by atoms with Crippen LogP contribution >= 0.6 is 0 Å². The van der Waals surface area contributed by atoms with E-state index in [9.17, 15) is 0 Å². The van der Waals surface area contributed by atoms with E-state index in [1.165, 1.54) is 152 Å². The van der Waals surface area contributed by atoms with Crippen molar-refractivity contribution < 1.29 is 0 Å². The average Bonchev–Trinajstić information content (AvgIpc) is 1.52. The second-order valence-corrected chi connectivity index (χ2v) is 28.7. The third-order valence-corrected chi connectivity index (χ3v) is 23.3. The predicted octanol–water partition coefficient (Wildman–Crippen LogP) is 25.1. The number of benzene rings is 17. The van der Waals surface area contributed by atoms with Crippen LogP contribution in [-0.4, -0.2) is 42.4 Å². The minimum absolute atomic E-state index is 0.653. The van der Waals surface area contributed by atoms with Gasteiger partial charge in [0.05, 0.1) is 82.9 Å². The van der Waals surface area contributed by atoms with Crippen LogP contribution in [0.1, 0.15) is 0 Å². The fourth-order valence-corrected chi connectivity index (χ4v) is 19.0. The quantitative estimate of drug-likeness (QED) is 0.165. The predicted molar refractivity (Wildman–Crippen MR) is 447 cm³/mol. The zero-order chi connectivity index (χ0) is 69.4. The number of hydrogen-bond acceptors (Lipinski definition) is 4. The van der Waals surface area contributed by atoms with Gasteiger partial charge in [0.25, 0.3) is 0 Å². The highest BCUT2D eigenvalue weighted by Crippen LogP contribution is 2.51.